The van der Waals surface area contributed by atoms with Crippen LogP contribution in [0.15, 0.2) is 23.2 Å². The van der Waals surface area contributed by atoms with Crippen molar-refractivity contribution in [1.82, 2.24) is 9.71 Å². The van der Waals surface area contributed by atoms with Crippen molar-refractivity contribution in [3.63, 3.8) is 0 Å². The van der Waals surface area contributed by atoms with Gasteiger partial charge in [0.2, 0.25) is 15.9 Å². The van der Waals surface area contributed by atoms with Crippen molar-refractivity contribution in [2.75, 3.05) is 13.2 Å². The Kier molecular flexibility index (Phi) is 4.41. The maximum Gasteiger partial charge on any atom is 0.318 e. The van der Waals surface area contributed by atoms with Crippen LogP contribution in [0, 0.1) is 0 Å². The summed E-state index contributed by atoms with van der Waals surface area (Å²) >= 11 is 0. The number of aromatic nitrogens is 1. The first-order chi connectivity index (χ1) is 7.95. The van der Waals surface area contributed by atoms with E-state index in [1.807, 2.05) is 4.72 Å². The Morgan fingerprint density at radius 1 is 1.53 bits per heavy atom. The fourth-order valence-electron chi connectivity index (χ4n) is 0.999. The van der Waals surface area contributed by atoms with Crippen LogP contribution in [0.4, 0.5) is 0 Å². The lowest BCUT2D eigenvalue weighted by Crippen LogP contribution is -2.29. The number of rotatable bonds is 6. The number of carboxylic acids is 1. The van der Waals surface area contributed by atoms with Crippen molar-refractivity contribution in [2.24, 2.45) is 0 Å². The lowest BCUT2D eigenvalue weighted by atomic mass is 10.5. The fraction of sp³-hybridized carbons (Fsp3) is 0.333. The summed E-state index contributed by atoms with van der Waals surface area (Å²) in [4.78, 5) is 13.9. The first kappa shape index (κ1) is 13.4. The van der Waals surface area contributed by atoms with Crippen LogP contribution < -0.4 is 9.46 Å². The van der Waals surface area contributed by atoms with E-state index in [9.17, 15) is 13.2 Å². The van der Waals surface area contributed by atoms with E-state index < -0.39 is 22.5 Å². The highest BCUT2D eigenvalue weighted by Crippen LogP contribution is 2.11. The molecule has 0 aliphatic heterocycles. The minimum absolute atomic E-state index is 0.109. The summed E-state index contributed by atoms with van der Waals surface area (Å²) in [6.45, 7) is 1.53. The van der Waals surface area contributed by atoms with Crippen molar-refractivity contribution < 1.29 is 23.1 Å². The number of sulfonamides is 1. The number of carboxylic acid groups (broad SMARTS) is 1. The van der Waals surface area contributed by atoms with Gasteiger partial charge in [0.1, 0.15) is 11.4 Å². The third-order valence-corrected chi connectivity index (χ3v) is 3.11. The van der Waals surface area contributed by atoms with E-state index >= 15 is 0 Å². The van der Waals surface area contributed by atoms with Crippen LogP contribution in [0.1, 0.15) is 6.92 Å². The highest BCUT2D eigenvalue weighted by molar-refractivity contribution is 7.89. The lowest BCUT2D eigenvalue weighted by Gasteiger charge is -2.05. The summed E-state index contributed by atoms with van der Waals surface area (Å²) in [5.74, 6) is -0.947. The second kappa shape index (κ2) is 5.60. The highest BCUT2D eigenvalue weighted by atomic mass is 32.2. The van der Waals surface area contributed by atoms with Crippen LogP contribution in [-0.4, -0.2) is 37.6 Å². The normalized spacial score (nSPS) is 11.1. The van der Waals surface area contributed by atoms with Gasteiger partial charge in [0, 0.05) is 6.07 Å². The average molecular weight is 260 g/mol. The molecule has 0 atom stereocenters. The van der Waals surface area contributed by atoms with Crippen molar-refractivity contribution in [2.45, 2.75) is 11.8 Å². The number of ether oxygens (including phenoxy) is 1. The Morgan fingerprint density at radius 3 is 2.71 bits per heavy atom. The maximum absolute atomic E-state index is 11.6. The molecule has 0 aromatic carbocycles. The van der Waals surface area contributed by atoms with Gasteiger partial charge in [-0.1, -0.05) is 0 Å². The second-order valence-electron chi connectivity index (χ2n) is 2.98. The summed E-state index contributed by atoms with van der Waals surface area (Å²) in [5.41, 5.74) is 0. The van der Waals surface area contributed by atoms with Gasteiger partial charge < -0.3 is 9.84 Å². The average Bonchev–Trinajstić information content (AvgIpc) is 2.28. The SMILES string of the molecule is CCOc1ccc(S(=O)(=O)NCC(=O)O)cn1. The number of nitrogens with one attached hydrogen (secondary N) is 1. The predicted octanol–water partition coefficient (Wildman–Crippen LogP) is -0.157. The maximum atomic E-state index is 11.6. The summed E-state index contributed by atoms with van der Waals surface area (Å²) in [6, 6.07) is 2.70. The molecule has 1 aromatic rings. The Hall–Kier alpha value is -1.67. The molecule has 94 valence electrons. The second-order valence-corrected chi connectivity index (χ2v) is 4.75. The van der Waals surface area contributed by atoms with Crippen molar-refractivity contribution in [3.8, 4) is 5.88 Å². The quantitative estimate of drug-likeness (QED) is 0.736. The van der Waals surface area contributed by atoms with E-state index in [1.54, 1.807) is 6.92 Å². The lowest BCUT2D eigenvalue weighted by molar-refractivity contribution is -0.135. The van der Waals surface area contributed by atoms with Gasteiger partial charge in [0.15, 0.2) is 0 Å². The zero-order chi connectivity index (χ0) is 12.9. The van der Waals surface area contributed by atoms with Crippen LogP contribution in [0.5, 0.6) is 5.88 Å². The third-order valence-electron chi connectivity index (χ3n) is 1.73. The molecule has 7 nitrogen and oxygen atoms in total. The molecule has 1 rings (SSSR count). The number of hydrogen-bond acceptors (Lipinski definition) is 5. The van der Waals surface area contributed by atoms with Crippen molar-refractivity contribution in [3.05, 3.63) is 18.3 Å². The van der Waals surface area contributed by atoms with Gasteiger partial charge in [-0.3, -0.25) is 4.79 Å². The van der Waals surface area contributed by atoms with E-state index in [1.165, 1.54) is 12.1 Å². The first-order valence-electron chi connectivity index (χ1n) is 4.76. The van der Waals surface area contributed by atoms with Gasteiger partial charge >= 0.3 is 5.97 Å². The van der Waals surface area contributed by atoms with Crippen molar-refractivity contribution in [1.29, 1.82) is 0 Å². The Bertz CT molecular complexity index is 483. The zero-order valence-corrected chi connectivity index (χ0v) is 9.90. The molecule has 0 bridgehead atoms. The Balaban J connectivity index is 2.81. The smallest absolute Gasteiger partial charge is 0.318 e. The Labute approximate surface area is 98.5 Å². The van der Waals surface area contributed by atoms with E-state index in [-0.39, 0.29) is 4.90 Å². The first-order valence-corrected chi connectivity index (χ1v) is 6.24. The van der Waals surface area contributed by atoms with E-state index in [0.29, 0.717) is 12.5 Å². The number of aliphatic carboxylic acids is 1. The molecule has 2 N–H and O–H groups in total. The Morgan fingerprint density at radius 2 is 2.24 bits per heavy atom. The number of hydrogen-bond donors (Lipinski definition) is 2. The molecule has 0 saturated carbocycles. The van der Waals surface area contributed by atoms with Crippen LogP contribution in [-0.2, 0) is 14.8 Å². The molecule has 0 aliphatic rings. The largest absolute Gasteiger partial charge is 0.480 e. The topological polar surface area (TPSA) is 106 Å². The number of pyridine rings is 1. The zero-order valence-electron chi connectivity index (χ0n) is 9.08. The molecule has 0 unspecified atom stereocenters. The summed E-state index contributed by atoms with van der Waals surface area (Å²) in [5, 5.41) is 8.38. The molecule has 0 amide bonds. The molecule has 0 fully saturated rings. The number of nitrogens with zero attached hydrogens (tertiary/aromatic N) is 1. The van der Waals surface area contributed by atoms with Crippen LogP contribution in [0.2, 0.25) is 0 Å². The van der Waals surface area contributed by atoms with E-state index in [4.69, 9.17) is 9.84 Å². The van der Waals surface area contributed by atoms with Crippen molar-refractivity contribution >= 4 is 16.0 Å². The third kappa shape index (κ3) is 4.00. The van der Waals surface area contributed by atoms with Gasteiger partial charge in [-0.15, -0.1) is 0 Å². The van der Waals surface area contributed by atoms with Crippen LogP contribution >= 0.6 is 0 Å². The summed E-state index contributed by atoms with van der Waals surface area (Å²) in [6.07, 6.45) is 1.11. The monoisotopic (exact) mass is 260 g/mol. The highest BCUT2D eigenvalue weighted by Gasteiger charge is 2.15. The molecule has 17 heavy (non-hydrogen) atoms. The minimum atomic E-state index is -3.84. The molecular weight excluding hydrogens is 248 g/mol. The molecule has 0 aliphatic carbocycles. The van der Waals surface area contributed by atoms with Gasteiger partial charge in [-0.2, -0.15) is 4.72 Å². The number of carbonyl (C=O) groups is 1. The van der Waals surface area contributed by atoms with Gasteiger partial charge in [-0.25, -0.2) is 13.4 Å². The summed E-state index contributed by atoms with van der Waals surface area (Å²) < 4.78 is 30.1. The molecular formula is C9H12N2O5S. The molecule has 0 spiro atoms. The molecule has 1 heterocycles. The van der Waals surface area contributed by atoms with E-state index in [0.717, 1.165) is 6.20 Å². The van der Waals surface area contributed by atoms with Gasteiger partial charge in [0.05, 0.1) is 12.8 Å². The molecule has 8 heteroatoms. The molecule has 1 aromatic heterocycles. The summed E-state index contributed by atoms with van der Waals surface area (Å²) in [7, 11) is -3.84. The van der Waals surface area contributed by atoms with Gasteiger partial charge in [0.25, 0.3) is 0 Å². The van der Waals surface area contributed by atoms with E-state index in [2.05, 4.69) is 4.98 Å². The molecule has 0 radical (unpaired) electrons. The van der Waals surface area contributed by atoms with Gasteiger partial charge in [-0.05, 0) is 13.0 Å². The predicted molar refractivity (Wildman–Crippen MR) is 58.2 cm³/mol. The van der Waals surface area contributed by atoms with Crippen LogP contribution in [0.25, 0.3) is 0 Å². The molecule has 0 saturated heterocycles. The minimum Gasteiger partial charge on any atom is -0.480 e. The fourth-order valence-corrected chi connectivity index (χ4v) is 1.92. The standard InChI is InChI=1S/C9H12N2O5S/c1-2-16-8-4-3-7(5-10-8)17(14,15)11-6-9(12)13/h3-5,11H,2,6H2,1H3,(H,12,13). The van der Waals surface area contributed by atoms with Crippen LogP contribution in [0.3, 0.4) is 0 Å².